The zero-order valence-electron chi connectivity index (χ0n) is 11.5. The minimum absolute atomic E-state index is 0.0468. The molecule has 7 heteroatoms. The van der Waals surface area contributed by atoms with E-state index in [1.807, 2.05) is 0 Å². The lowest BCUT2D eigenvalue weighted by atomic mass is 10.2. The van der Waals surface area contributed by atoms with E-state index in [-0.39, 0.29) is 17.9 Å². The van der Waals surface area contributed by atoms with E-state index < -0.39 is 0 Å². The van der Waals surface area contributed by atoms with Gasteiger partial charge in [0.15, 0.2) is 6.04 Å². The second kappa shape index (κ2) is 5.16. The summed E-state index contributed by atoms with van der Waals surface area (Å²) in [6.45, 7) is 3.27. The molecule has 0 bridgehead atoms. The summed E-state index contributed by atoms with van der Waals surface area (Å²) in [5, 5.41) is 0. The molecule has 2 aliphatic heterocycles. The Hall–Kier alpha value is -2.02. The molecule has 106 valence electrons. The maximum Gasteiger partial charge on any atom is 0.287 e. The quantitative estimate of drug-likeness (QED) is 0.629. The van der Waals surface area contributed by atoms with Gasteiger partial charge in [0, 0.05) is 19.4 Å². The van der Waals surface area contributed by atoms with Gasteiger partial charge < -0.3 is 9.80 Å². The maximum atomic E-state index is 12.0. The molecule has 0 saturated carbocycles. The molecule has 0 radical (unpaired) electrons. The first kappa shape index (κ1) is 13.0. The van der Waals surface area contributed by atoms with Crippen molar-refractivity contribution in [2.75, 3.05) is 38.1 Å². The van der Waals surface area contributed by atoms with Crippen LogP contribution in [0.25, 0.3) is 0 Å². The van der Waals surface area contributed by atoms with Gasteiger partial charge in [-0.15, -0.1) is 0 Å². The number of amides is 2. The van der Waals surface area contributed by atoms with Crippen LogP contribution in [-0.2, 0) is 9.59 Å². The molecule has 20 heavy (non-hydrogen) atoms. The van der Waals surface area contributed by atoms with E-state index in [0.29, 0.717) is 6.42 Å². The Balaban J connectivity index is 1.62. The summed E-state index contributed by atoms with van der Waals surface area (Å²) in [7, 11) is 1.57. The number of aromatic nitrogens is 2. The number of piperazine rings is 1. The van der Waals surface area contributed by atoms with Crippen LogP contribution in [0.15, 0.2) is 18.5 Å². The molecular formula is C13H18N5O2+. The van der Waals surface area contributed by atoms with Crippen molar-refractivity contribution >= 4 is 17.8 Å². The first-order valence-electron chi connectivity index (χ1n) is 6.84. The Morgan fingerprint density at radius 1 is 1.20 bits per heavy atom. The molecule has 7 nitrogen and oxygen atoms in total. The fraction of sp³-hybridized carbons (Fsp3) is 0.538. The van der Waals surface area contributed by atoms with Crippen LogP contribution in [0.1, 0.15) is 6.42 Å². The molecule has 1 atom stereocenters. The van der Waals surface area contributed by atoms with E-state index in [1.54, 1.807) is 25.5 Å². The minimum Gasteiger partial charge on any atom is -0.330 e. The molecule has 1 aromatic heterocycles. The Morgan fingerprint density at radius 3 is 2.40 bits per heavy atom. The Kier molecular flexibility index (Phi) is 3.35. The number of hydrogen-bond donors (Lipinski definition) is 1. The normalized spacial score (nSPS) is 24.6. The number of quaternary nitrogens is 1. The number of carbonyl (C=O) groups is 2. The molecule has 1 N–H and O–H groups in total. The smallest absolute Gasteiger partial charge is 0.287 e. The summed E-state index contributed by atoms with van der Waals surface area (Å²) >= 11 is 0. The summed E-state index contributed by atoms with van der Waals surface area (Å²) in [5.74, 6) is 0.619. The van der Waals surface area contributed by atoms with Crippen molar-refractivity contribution in [1.82, 2.24) is 14.9 Å². The van der Waals surface area contributed by atoms with Crippen LogP contribution in [0.3, 0.4) is 0 Å². The number of likely N-dealkylation sites (N-methyl/N-ethyl adjacent to an activating group) is 1. The van der Waals surface area contributed by atoms with Gasteiger partial charge in [0.1, 0.15) is 0 Å². The number of hydrogen-bond acceptors (Lipinski definition) is 5. The van der Waals surface area contributed by atoms with E-state index in [9.17, 15) is 9.59 Å². The topological polar surface area (TPSA) is 70.8 Å². The Morgan fingerprint density at radius 2 is 1.85 bits per heavy atom. The standard InChI is InChI=1S/C13H17N5O2/c1-16-11(19)9-10(12(16)20)17-5-7-18(8-6-17)13-14-3-2-4-15-13/h2-4,10H,5-9H2,1H3/p+1/t10-/m0/s1. The number of rotatable bonds is 2. The maximum absolute atomic E-state index is 12.0. The van der Waals surface area contributed by atoms with Crippen molar-refractivity contribution in [2.24, 2.45) is 0 Å². The first-order valence-corrected chi connectivity index (χ1v) is 6.84. The monoisotopic (exact) mass is 276 g/mol. The summed E-state index contributed by atoms with van der Waals surface area (Å²) in [5.41, 5.74) is 0. The van der Waals surface area contributed by atoms with Crippen molar-refractivity contribution in [2.45, 2.75) is 12.5 Å². The zero-order chi connectivity index (χ0) is 14.1. The highest BCUT2D eigenvalue weighted by Gasteiger charge is 2.44. The predicted molar refractivity (Wildman–Crippen MR) is 71.1 cm³/mol. The summed E-state index contributed by atoms with van der Waals surface area (Å²) in [6.07, 6.45) is 3.80. The Labute approximate surface area is 117 Å². The van der Waals surface area contributed by atoms with Crippen molar-refractivity contribution < 1.29 is 14.5 Å². The van der Waals surface area contributed by atoms with E-state index >= 15 is 0 Å². The van der Waals surface area contributed by atoms with Gasteiger partial charge in [-0.3, -0.25) is 14.5 Å². The molecule has 0 aromatic carbocycles. The summed E-state index contributed by atoms with van der Waals surface area (Å²) in [4.78, 5) is 36.6. The van der Waals surface area contributed by atoms with E-state index in [2.05, 4.69) is 14.9 Å². The van der Waals surface area contributed by atoms with Gasteiger partial charge in [-0.25, -0.2) is 9.97 Å². The highest BCUT2D eigenvalue weighted by Crippen LogP contribution is 2.09. The fourth-order valence-electron chi connectivity index (χ4n) is 2.87. The zero-order valence-corrected chi connectivity index (χ0v) is 11.5. The van der Waals surface area contributed by atoms with E-state index in [1.165, 1.54) is 9.80 Å². The summed E-state index contributed by atoms with van der Waals surface area (Å²) in [6, 6.07) is 1.59. The van der Waals surface area contributed by atoms with Gasteiger partial charge in [0.05, 0.1) is 32.6 Å². The second-order valence-corrected chi connectivity index (χ2v) is 5.24. The molecule has 1 aromatic rings. The molecule has 3 rings (SSSR count). The highest BCUT2D eigenvalue weighted by atomic mass is 16.2. The summed E-state index contributed by atoms with van der Waals surface area (Å²) < 4.78 is 0. The van der Waals surface area contributed by atoms with Gasteiger partial charge in [-0.05, 0) is 6.07 Å². The molecule has 0 aliphatic carbocycles. The number of nitrogens with one attached hydrogen (secondary N) is 1. The minimum atomic E-state index is -0.202. The molecule has 0 unspecified atom stereocenters. The van der Waals surface area contributed by atoms with Gasteiger partial charge in [0.25, 0.3) is 5.91 Å². The Bertz CT molecular complexity index is 513. The van der Waals surface area contributed by atoms with Gasteiger partial charge in [-0.1, -0.05) is 0 Å². The molecule has 0 spiro atoms. The van der Waals surface area contributed by atoms with Crippen LogP contribution in [0.4, 0.5) is 5.95 Å². The number of anilines is 1. The number of nitrogens with zero attached hydrogens (tertiary/aromatic N) is 4. The van der Waals surface area contributed by atoms with Gasteiger partial charge >= 0.3 is 0 Å². The van der Waals surface area contributed by atoms with E-state index in [0.717, 1.165) is 32.1 Å². The van der Waals surface area contributed by atoms with Crippen LogP contribution < -0.4 is 9.80 Å². The van der Waals surface area contributed by atoms with Crippen LogP contribution >= 0.6 is 0 Å². The van der Waals surface area contributed by atoms with Crippen LogP contribution in [0.2, 0.25) is 0 Å². The van der Waals surface area contributed by atoms with Crippen molar-refractivity contribution in [3.8, 4) is 0 Å². The molecule has 3 heterocycles. The van der Waals surface area contributed by atoms with Crippen LogP contribution in [0, 0.1) is 0 Å². The third kappa shape index (κ3) is 2.24. The average Bonchev–Trinajstić information content (AvgIpc) is 2.76. The lowest BCUT2D eigenvalue weighted by Crippen LogP contribution is -3.19. The van der Waals surface area contributed by atoms with Crippen LogP contribution in [0.5, 0.6) is 0 Å². The second-order valence-electron chi connectivity index (χ2n) is 5.24. The van der Waals surface area contributed by atoms with Crippen molar-refractivity contribution in [3.63, 3.8) is 0 Å². The molecule has 2 fully saturated rings. The molecule has 2 saturated heterocycles. The predicted octanol–water partition coefficient (Wildman–Crippen LogP) is -2.06. The molecule has 2 aliphatic rings. The lowest BCUT2D eigenvalue weighted by molar-refractivity contribution is -0.915. The fourth-order valence-corrected chi connectivity index (χ4v) is 2.87. The van der Waals surface area contributed by atoms with Crippen LogP contribution in [-0.4, -0.2) is 66.0 Å². The largest absolute Gasteiger partial charge is 0.330 e. The van der Waals surface area contributed by atoms with Crippen molar-refractivity contribution in [3.05, 3.63) is 18.5 Å². The molecular weight excluding hydrogens is 258 g/mol. The lowest BCUT2D eigenvalue weighted by Gasteiger charge is -2.34. The van der Waals surface area contributed by atoms with E-state index in [4.69, 9.17) is 0 Å². The van der Waals surface area contributed by atoms with Gasteiger partial charge in [0.2, 0.25) is 11.9 Å². The third-order valence-electron chi connectivity index (χ3n) is 4.11. The number of carbonyl (C=O) groups excluding carboxylic acids is 2. The third-order valence-corrected chi connectivity index (χ3v) is 4.11. The van der Waals surface area contributed by atoms with Gasteiger partial charge in [-0.2, -0.15) is 0 Å². The average molecular weight is 276 g/mol. The molecule has 2 amide bonds. The first-order chi connectivity index (χ1) is 9.66. The van der Waals surface area contributed by atoms with Crippen molar-refractivity contribution in [1.29, 1.82) is 0 Å². The number of likely N-dealkylation sites (tertiary alicyclic amines) is 1. The SMILES string of the molecule is CN1C(=O)C[C@H]([NH+]2CCN(c3ncccn3)CC2)C1=O. The highest BCUT2D eigenvalue weighted by molar-refractivity contribution is 6.04. The number of imide groups is 1.